The molecule has 0 saturated heterocycles. The van der Waals surface area contributed by atoms with E-state index < -0.39 is 0 Å². The van der Waals surface area contributed by atoms with E-state index in [1.165, 1.54) is 0 Å². The molecule has 0 spiro atoms. The average Bonchev–Trinajstić information content (AvgIpc) is 2.35. The molecule has 0 bridgehead atoms. The first-order valence-electron chi connectivity index (χ1n) is 6.09. The summed E-state index contributed by atoms with van der Waals surface area (Å²) in [6.45, 7) is 9.54. The Bertz CT molecular complexity index is 342. The standard InChI is InChI=1S/C15H22OS2/c1-4-8-17-11-15(12-18-9-5-2)7-6-14(16)13(3)10-15/h4-7,16H,1-2,8-12H2,3H3. The first-order valence-corrected chi connectivity index (χ1v) is 8.40. The van der Waals surface area contributed by atoms with Crippen molar-refractivity contribution in [2.24, 2.45) is 5.41 Å². The van der Waals surface area contributed by atoms with E-state index in [2.05, 4.69) is 19.2 Å². The van der Waals surface area contributed by atoms with Crippen molar-refractivity contribution in [3.8, 4) is 0 Å². The summed E-state index contributed by atoms with van der Waals surface area (Å²) in [6.07, 6.45) is 8.89. The van der Waals surface area contributed by atoms with Crippen LogP contribution < -0.4 is 0 Å². The fourth-order valence-corrected chi connectivity index (χ4v) is 4.12. The largest absolute Gasteiger partial charge is 0.508 e. The topological polar surface area (TPSA) is 20.2 Å². The summed E-state index contributed by atoms with van der Waals surface area (Å²) in [4.78, 5) is 0. The molecule has 3 heteroatoms. The molecule has 0 saturated carbocycles. The van der Waals surface area contributed by atoms with Gasteiger partial charge in [-0.25, -0.2) is 0 Å². The minimum atomic E-state index is 0.164. The molecule has 0 atom stereocenters. The van der Waals surface area contributed by atoms with Crippen LogP contribution in [0.5, 0.6) is 0 Å². The third kappa shape index (κ3) is 4.62. The molecule has 0 unspecified atom stereocenters. The van der Waals surface area contributed by atoms with E-state index in [1.54, 1.807) is 0 Å². The number of hydrogen-bond acceptors (Lipinski definition) is 3. The summed E-state index contributed by atoms with van der Waals surface area (Å²) in [7, 11) is 0. The number of allylic oxidation sites excluding steroid dienone is 3. The van der Waals surface area contributed by atoms with E-state index in [1.807, 2.05) is 48.7 Å². The number of aliphatic hydroxyl groups is 1. The van der Waals surface area contributed by atoms with Gasteiger partial charge in [-0.3, -0.25) is 0 Å². The Labute approximate surface area is 119 Å². The van der Waals surface area contributed by atoms with Gasteiger partial charge in [0.05, 0.1) is 0 Å². The lowest BCUT2D eigenvalue weighted by atomic mass is 9.81. The van der Waals surface area contributed by atoms with Gasteiger partial charge in [0, 0.05) is 28.4 Å². The molecule has 18 heavy (non-hydrogen) atoms. The van der Waals surface area contributed by atoms with Crippen molar-refractivity contribution in [3.63, 3.8) is 0 Å². The molecule has 1 aliphatic carbocycles. The highest BCUT2D eigenvalue weighted by molar-refractivity contribution is 8.00. The third-order valence-electron chi connectivity index (χ3n) is 2.90. The van der Waals surface area contributed by atoms with Crippen LogP contribution in [-0.4, -0.2) is 28.1 Å². The molecule has 1 nitrogen and oxygen atoms in total. The molecule has 0 aromatic rings. The molecule has 1 rings (SSSR count). The van der Waals surface area contributed by atoms with Crippen molar-refractivity contribution in [2.45, 2.75) is 13.3 Å². The molecule has 0 aromatic heterocycles. The summed E-state index contributed by atoms with van der Waals surface area (Å²) in [5.74, 6) is 4.55. The van der Waals surface area contributed by atoms with Crippen molar-refractivity contribution in [1.82, 2.24) is 0 Å². The second-order valence-corrected chi connectivity index (χ2v) is 6.71. The Balaban J connectivity index is 2.66. The van der Waals surface area contributed by atoms with Gasteiger partial charge in [-0.05, 0) is 25.0 Å². The summed E-state index contributed by atoms with van der Waals surface area (Å²) in [5.41, 5.74) is 1.26. The van der Waals surface area contributed by atoms with Gasteiger partial charge in [-0.2, -0.15) is 23.5 Å². The smallest absolute Gasteiger partial charge is 0.114 e. The Kier molecular flexibility index (Phi) is 6.72. The monoisotopic (exact) mass is 282 g/mol. The van der Waals surface area contributed by atoms with Crippen molar-refractivity contribution in [3.05, 3.63) is 48.8 Å². The molecular formula is C15H22OS2. The van der Waals surface area contributed by atoms with Crippen molar-refractivity contribution < 1.29 is 5.11 Å². The van der Waals surface area contributed by atoms with E-state index in [-0.39, 0.29) is 5.41 Å². The van der Waals surface area contributed by atoms with Crippen LogP contribution in [-0.2, 0) is 0 Å². The zero-order valence-electron chi connectivity index (χ0n) is 11.0. The van der Waals surface area contributed by atoms with Crippen LogP contribution in [0, 0.1) is 5.41 Å². The molecule has 0 aromatic carbocycles. The summed E-state index contributed by atoms with van der Waals surface area (Å²) >= 11 is 3.81. The fraction of sp³-hybridized carbons (Fsp3) is 0.467. The Morgan fingerprint density at radius 1 is 1.28 bits per heavy atom. The predicted molar refractivity (Wildman–Crippen MR) is 86.6 cm³/mol. The molecule has 0 fully saturated rings. The van der Waals surface area contributed by atoms with E-state index >= 15 is 0 Å². The Morgan fingerprint density at radius 2 is 1.83 bits per heavy atom. The van der Waals surface area contributed by atoms with Crippen LogP contribution in [0.15, 0.2) is 48.8 Å². The highest BCUT2D eigenvalue weighted by atomic mass is 32.2. The third-order valence-corrected chi connectivity index (χ3v) is 5.40. The molecule has 0 amide bonds. The maximum absolute atomic E-state index is 9.70. The summed E-state index contributed by atoms with van der Waals surface area (Å²) in [5, 5.41) is 9.70. The second kappa shape index (κ2) is 7.80. The highest BCUT2D eigenvalue weighted by Crippen LogP contribution is 2.39. The van der Waals surface area contributed by atoms with Gasteiger partial charge in [0.15, 0.2) is 0 Å². The molecule has 0 heterocycles. The van der Waals surface area contributed by atoms with Crippen molar-refractivity contribution >= 4 is 23.5 Å². The zero-order valence-corrected chi connectivity index (χ0v) is 12.7. The zero-order chi connectivity index (χ0) is 13.4. The lowest BCUT2D eigenvalue weighted by Crippen LogP contribution is -2.27. The normalized spacial score (nSPS) is 17.8. The predicted octanol–water partition coefficient (Wildman–Crippen LogP) is 4.60. The van der Waals surface area contributed by atoms with Gasteiger partial charge in [0.25, 0.3) is 0 Å². The van der Waals surface area contributed by atoms with Crippen LogP contribution in [0.1, 0.15) is 13.3 Å². The summed E-state index contributed by atoms with van der Waals surface area (Å²) in [6, 6.07) is 0. The SMILES string of the molecule is C=CCSCC1(CSCC=C)C=CC(O)=C(C)C1. The minimum Gasteiger partial charge on any atom is -0.508 e. The maximum atomic E-state index is 9.70. The van der Waals surface area contributed by atoms with Gasteiger partial charge in [-0.1, -0.05) is 18.2 Å². The van der Waals surface area contributed by atoms with Crippen LogP contribution >= 0.6 is 23.5 Å². The van der Waals surface area contributed by atoms with E-state index in [9.17, 15) is 5.11 Å². The summed E-state index contributed by atoms with van der Waals surface area (Å²) < 4.78 is 0. The van der Waals surface area contributed by atoms with Crippen molar-refractivity contribution in [2.75, 3.05) is 23.0 Å². The van der Waals surface area contributed by atoms with Crippen LogP contribution in [0.4, 0.5) is 0 Å². The Hall–Kier alpha value is -0.540. The van der Waals surface area contributed by atoms with Crippen molar-refractivity contribution in [1.29, 1.82) is 0 Å². The molecule has 1 aliphatic rings. The first-order chi connectivity index (χ1) is 8.63. The molecular weight excluding hydrogens is 260 g/mol. The van der Waals surface area contributed by atoms with Gasteiger partial charge in [-0.15, -0.1) is 13.2 Å². The number of thioether (sulfide) groups is 2. The molecule has 0 radical (unpaired) electrons. The minimum absolute atomic E-state index is 0.164. The molecule has 100 valence electrons. The van der Waals surface area contributed by atoms with Crippen LogP contribution in [0.2, 0.25) is 0 Å². The molecule has 1 N–H and O–H groups in total. The number of aliphatic hydroxyl groups excluding tert-OH is 1. The van der Waals surface area contributed by atoms with Gasteiger partial charge < -0.3 is 5.11 Å². The van der Waals surface area contributed by atoms with E-state index in [0.29, 0.717) is 5.76 Å². The lowest BCUT2D eigenvalue weighted by Gasteiger charge is -2.33. The van der Waals surface area contributed by atoms with Crippen LogP contribution in [0.25, 0.3) is 0 Å². The Morgan fingerprint density at radius 3 is 2.28 bits per heavy atom. The van der Waals surface area contributed by atoms with E-state index in [4.69, 9.17) is 0 Å². The number of hydrogen-bond donors (Lipinski definition) is 1. The van der Waals surface area contributed by atoms with Gasteiger partial charge in [0.2, 0.25) is 0 Å². The average molecular weight is 282 g/mol. The first kappa shape index (κ1) is 15.5. The second-order valence-electron chi connectivity index (χ2n) is 4.65. The van der Waals surface area contributed by atoms with E-state index in [0.717, 1.165) is 35.0 Å². The number of rotatable bonds is 8. The highest BCUT2D eigenvalue weighted by Gasteiger charge is 2.30. The quantitative estimate of drug-likeness (QED) is 0.519. The van der Waals surface area contributed by atoms with Gasteiger partial charge >= 0.3 is 0 Å². The fourth-order valence-electron chi connectivity index (χ4n) is 2.01. The van der Waals surface area contributed by atoms with Crippen LogP contribution in [0.3, 0.4) is 0 Å². The lowest BCUT2D eigenvalue weighted by molar-refractivity contribution is 0.392. The van der Waals surface area contributed by atoms with Gasteiger partial charge in [0.1, 0.15) is 5.76 Å². The molecule has 0 aliphatic heterocycles. The maximum Gasteiger partial charge on any atom is 0.114 e.